The van der Waals surface area contributed by atoms with Crippen molar-refractivity contribution in [2.75, 3.05) is 13.2 Å². The van der Waals surface area contributed by atoms with Crippen LogP contribution in [0.5, 0.6) is 0 Å². The van der Waals surface area contributed by atoms with Gasteiger partial charge in [0, 0.05) is 19.3 Å². The summed E-state index contributed by atoms with van der Waals surface area (Å²) in [7, 11) is 0. The molecule has 0 saturated heterocycles. The fraction of sp³-hybridized carbons (Fsp3) is 0.779. The fourth-order valence-corrected chi connectivity index (χ4v) is 9.05. The first-order valence-corrected chi connectivity index (χ1v) is 31.9. The molecule has 0 aromatic carbocycles. The van der Waals surface area contributed by atoms with E-state index in [9.17, 15) is 14.4 Å². The van der Waals surface area contributed by atoms with Crippen molar-refractivity contribution in [2.24, 2.45) is 0 Å². The first-order chi connectivity index (χ1) is 36.5. The molecule has 6 heteroatoms. The van der Waals surface area contributed by atoms with E-state index in [0.29, 0.717) is 19.3 Å². The van der Waals surface area contributed by atoms with Crippen LogP contribution >= 0.6 is 0 Å². The van der Waals surface area contributed by atoms with E-state index in [1.54, 1.807) is 0 Å². The predicted molar refractivity (Wildman–Crippen MR) is 321 cm³/mol. The van der Waals surface area contributed by atoms with Gasteiger partial charge in [0.25, 0.3) is 0 Å². The Morgan fingerprint density at radius 1 is 0.270 bits per heavy atom. The molecule has 1 unspecified atom stereocenters. The molecule has 0 aliphatic rings. The van der Waals surface area contributed by atoms with Crippen molar-refractivity contribution in [2.45, 2.75) is 329 Å². The van der Waals surface area contributed by atoms with E-state index < -0.39 is 6.10 Å². The van der Waals surface area contributed by atoms with Crippen LogP contribution in [0.25, 0.3) is 0 Å². The second kappa shape index (κ2) is 62.4. The van der Waals surface area contributed by atoms with E-state index in [2.05, 4.69) is 93.7 Å². The summed E-state index contributed by atoms with van der Waals surface area (Å²) in [5.41, 5.74) is 0. The molecule has 0 heterocycles. The van der Waals surface area contributed by atoms with Crippen LogP contribution in [0.3, 0.4) is 0 Å². The Labute approximate surface area is 459 Å². The predicted octanol–water partition coefficient (Wildman–Crippen LogP) is 21.7. The Morgan fingerprint density at radius 2 is 0.500 bits per heavy atom. The smallest absolute Gasteiger partial charge is 0.306 e. The van der Waals surface area contributed by atoms with Gasteiger partial charge in [0.05, 0.1) is 0 Å². The summed E-state index contributed by atoms with van der Waals surface area (Å²) in [6.07, 6.45) is 80.5. The van der Waals surface area contributed by atoms with Gasteiger partial charge in [-0.1, -0.05) is 267 Å². The van der Waals surface area contributed by atoms with Crippen LogP contribution in [0.4, 0.5) is 0 Å². The molecular formula is C68H120O6. The van der Waals surface area contributed by atoms with Gasteiger partial charge in [-0.2, -0.15) is 0 Å². The molecule has 0 saturated carbocycles. The quantitative estimate of drug-likeness (QED) is 0.0261. The van der Waals surface area contributed by atoms with Gasteiger partial charge < -0.3 is 14.2 Å². The summed E-state index contributed by atoms with van der Waals surface area (Å²) in [4.78, 5) is 38.3. The molecule has 0 aromatic heterocycles. The van der Waals surface area contributed by atoms with Crippen LogP contribution in [0, 0.1) is 0 Å². The lowest BCUT2D eigenvalue weighted by Gasteiger charge is -2.18. The summed E-state index contributed by atoms with van der Waals surface area (Å²) in [6, 6.07) is 0. The van der Waals surface area contributed by atoms with Crippen LogP contribution < -0.4 is 0 Å². The zero-order chi connectivity index (χ0) is 53.6. The number of carbonyl (C=O) groups is 3. The van der Waals surface area contributed by atoms with E-state index in [1.807, 2.05) is 0 Å². The number of unbranched alkanes of at least 4 members (excludes halogenated alkanes) is 35. The van der Waals surface area contributed by atoms with Crippen molar-refractivity contribution in [3.05, 3.63) is 72.9 Å². The van der Waals surface area contributed by atoms with Gasteiger partial charge in [-0.25, -0.2) is 0 Å². The molecule has 0 amide bonds. The lowest BCUT2D eigenvalue weighted by atomic mass is 10.0. The van der Waals surface area contributed by atoms with Crippen molar-refractivity contribution in [1.82, 2.24) is 0 Å². The minimum atomic E-state index is -0.787. The maximum Gasteiger partial charge on any atom is 0.306 e. The van der Waals surface area contributed by atoms with Crippen molar-refractivity contribution in [3.8, 4) is 0 Å². The minimum absolute atomic E-state index is 0.0828. The molecule has 0 rings (SSSR count). The SMILES string of the molecule is CCCC/C=C\C/C=C\CCCCCCCC(=O)OCC(COC(=O)CCCCCCCCCCCCCC/C=C\C/C=C\C/C=C\CCCCCCC)OC(=O)CCCCCCC/C=C\CCCCCCCC. The lowest BCUT2D eigenvalue weighted by molar-refractivity contribution is -0.167. The van der Waals surface area contributed by atoms with E-state index >= 15 is 0 Å². The number of hydrogen-bond acceptors (Lipinski definition) is 6. The van der Waals surface area contributed by atoms with Crippen LogP contribution in [0.15, 0.2) is 72.9 Å². The second-order valence-electron chi connectivity index (χ2n) is 21.3. The van der Waals surface area contributed by atoms with Gasteiger partial charge >= 0.3 is 17.9 Å². The highest BCUT2D eigenvalue weighted by Crippen LogP contribution is 2.16. The number of ether oxygens (including phenoxy) is 3. The Balaban J connectivity index is 4.28. The van der Waals surface area contributed by atoms with Crippen molar-refractivity contribution < 1.29 is 28.6 Å². The molecule has 0 aromatic rings. The van der Waals surface area contributed by atoms with Crippen molar-refractivity contribution in [3.63, 3.8) is 0 Å². The third kappa shape index (κ3) is 59.7. The first-order valence-electron chi connectivity index (χ1n) is 31.9. The maximum atomic E-state index is 12.9. The number of esters is 3. The minimum Gasteiger partial charge on any atom is -0.462 e. The van der Waals surface area contributed by atoms with E-state index in [4.69, 9.17) is 14.2 Å². The summed E-state index contributed by atoms with van der Waals surface area (Å²) >= 11 is 0. The van der Waals surface area contributed by atoms with Gasteiger partial charge in [-0.3, -0.25) is 14.4 Å². The molecule has 6 nitrogen and oxygen atoms in total. The zero-order valence-electron chi connectivity index (χ0n) is 49.1. The van der Waals surface area contributed by atoms with Crippen molar-refractivity contribution >= 4 is 17.9 Å². The van der Waals surface area contributed by atoms with Gasteiger partial charge in [0.1, 0.15) is 13.2 Å². The van der Waals surface area contributed by atoms with Crippen molar-refractivity contribution in [1.29, 1.82) is 0 Å². The summed E-state index contributed by atoms with van der Waals surface area (Å²) in [5, 5.41) is 0. The maximum absolute atomic E-state index is 12.9. The third-order valence-corrected chi connectivity index (χ3v) is 13.9. The highest BCUT2D eigenvalue weighted by Gasteiger charge is 2.19. The lowest BCUT2D eigenvalue weighted by Crippen LogP contribution is -2.30. The Hall–Kier alpha value is -3.15. The highest BCUT2D eigenvalue weighted by molar-refractivity contribution is 5.71. The van der Waals surface area contributed by atoms with E-state index in [1.165, 1.54) is 180 Å². The molecule has 0 aliphatic heterocycles. The number of carbonyl (C=O) groups excluding carboxylic acids is 3. The van der Waals surface area contributed by atoms with Gasteiger partial charge in [-0.15, -0.1) is 0 Å². The standard InChI is InChI=1S/C68H120O6/c1-4-7-10-13-16-19-22-25-28-29-30-31-32-33-34-35-36-37-38-39-41-43-46-49-52-55-58-61-67(70)73-64-65(63-72-66(69)60-57-54-51-48-45-42-27-24-21-18-15-12-9-6-3)74-68(71)62-59-56-53-50-47-44-40-26-23-20-17-14-11-8-5-2/h15,18,22,24-27,29-30,32-33,40,65H,4-14,16-17,19-21,23,28,31,34-39,41-64H2,1-3H3/b18-15-,25-22-,27-24-,30-29-,33-32-,40-26-. The van der Waals surface area contributed by atoms with Crippen LogP contribution in [0.1, 0.15) is 323 Å². The molecule has 0 radical (unpaired) electrons. The molecule has 0 N–H and O–H groups in total. The van der Waals surface area contributed by atoms with E-state index in [0.717, 1.165) is 103 Å². The fourth-order valence-electron chi connectivity index (χ4n) is 9.05. The summed E-state index contributed by atoms with van der Waals surface area (Å²) in [5.74, 6) is -0.895. The molecular weight excluding hydrogens is 913 g/mol. The number of allylic oxidation sites excluding steroid dienone is 12. The van der Waals surface area contributed by atoms with E-state index in [-0.39, 0.29) is 31.1 Å². The average Bonchev–Trinajstić information content (AvgIpc) is 3.40. The first kappa shape index (κ1) is 70.8. The number of rotatable bonds is 58. The summed E-state index contributed by atoms with van der Waals surface area (Å²) < 4.78 is 16.9. The topological polar surface area (TPSA) is 78.9 Å². The average molecular weight is 1030 g/mol. The molecule has 0 fully saturated rings. The molecule has 0 bridgehead atoms. The number of hydrogen-bond donors (Lipinski definition) is 0. The van der Waals surface area contributed by atoms with Crippen LogP contribution in [-0.2, 0) is 28.6 Å². The second-order valence-corrected chi connectivity index (χ2v) is 21.3. The molecule has 0 spiro atoms. The highest BCUT2D eigenvalue weighted by atomic mass is 16.6. The molecule has 1 atom stereocenters. The molecule has 74 heavy (non-hydrogen) atoms. The van der Waals surface area contributed by atoms with Gasteiger partial charge in [0.2, 0.25) is 0 Å². The largest absolute Gasteiger partial charge is 0.462 e. The molecule has 428 valence electrons. The Morgan fingerprint density at radius 3 is 0.811 bits per heavy atom. The van der Waals surface area contributed by atoms with Gasteiger partial charge in [-0.05, 0) is 109 Å². The van der Waals surface area contributed by atoms with Crippen LogP contribution in [0.2, 0.25) is 0 Å². The monoisotopic (exact) mass is 1030 g/mol. The summed E-state index contributed by atoms with van der Waals surface area (Å²) in [6.45, 7) is 6.59. The third-order valence-electron chi connectivity index (χ3n) is 13.9. The molecule has 0 aliphatic carbocycles. The Kier molecular flexibility index (Phi) is 59.7. The van der Waals surface area contributed by atoms with Crippen LogP contribution in [-0.4, -0.2) is 37.2 Å². The normalized spacial score (nSPS) is 12.5. The zero-order valence-corrected chi connectivity index (χ0v) is 49.1. The Bertz CT molecular complexity index is 1370. The van der Waals surface area contributed by atoms with Gasteiger partial charge in [0.15, 0.2) is 6.10 Å².